The molecule has 0 aromatic carbocycles. The lowest BCUT2D eigenvalue weighted by molar-refractivity contribution is 0.112. The lowest BCUT2D eigenvalue weighted by atomic mass is 10.0. The van der Waals surface area contributed by atoms with Crippen LogP contribution in [0.1, 0.15) is 74.2 Å². The van der Waals surface area contributed by atoms with Gasteiger partial charge in [0.2, 0.25) is 0 Å². The van der Waals surface area contributed by atoms with Crippen molar-refractivity contribution >= 4 is 25.2 Å². The molecule has 0 atom stereocenters. The molecule has 0 N–H and O–H groups in total. The van der Waals surface area contributed by atoms with Crippen LogP contribution in [0.25, 0.3) is 11.1 Å². The topological polar surface area (TPSA) is 34.1 Å². The minimum Gasteiger partial charge on any atom is -0.298 e. The molecule has 0 bridgehead atoms. The summed E-state index contributed by atoms with van der Waals surface area (Å²) in [5, 5.41) is 0. The third kappa shape index (κ3) is 10.1. The zero-order valence-corrected chi connectivity index (χ0v) is 17.9. The first-order chi connectivity index (χ1) is 11.7. The molecule has 2 aliphatic rings. The zero-order valence-electron chi connectivity index (χ0n) is 17.0. The summed E-state index contributed by atoms with van der Waals surface area (Å²) in [7, 11) is 0. The minimum atomic E-state index is 0.500. The molecular weight excluding hydrogens is 328 g/mol. The standard InChI is InChI=1S/C13H10O2.C5H12.C3H8.CH4S/c1-9-12(7-14)10-5-3-2-4-6-11(10)13(9)8-15;1-5(2,3)4;1-3-2;1-2/h2-8H,1H3;1-4H3;3H2,1-2H3;2H,1H3. The predicted molar refractivity (Wildman–Crippen MR) is 115 cm³/mol. The Kier molecular flexibility index (Phi) is 14.0. The Balaban J connectivity index is 0. The molecule has 0 aromatic heterocycles. The fraction of sp³-hybridized carbons (Fsp3) is 0.455. The van der Waals surface area contributed by atoms with E-state index in [2.05, 4.69) is 54.2 Å². The van der Waals surface area contributed by atoms with Crippen LogP contribution in [0.2, 0.25) is 0 Å². The first-order valence-electron chi connectivity index (χ1n) is 8.57. The molecule has 0 radical (unpaired) electrons. The number of fused-ring (bicyclic) bond motifs is 1. The maximum absolute atomic E-state index is 11.0. The Labute approximate surface area is 159 Å². The molecule has 25 heavy (non-hydrogen) atoms. The smallest absolute Gasteiger partial charge is 0.150 e. The highest BCUT2D eigenvalue weighted by molar-refractivity contribution is 7.79. The van der Waals surface area contributed by atoms with Crippen LogP contribution in [0.4, 0.5) is 0 Å². The molecule has 2 rings (SSSR count). The van der Waals surface area contributed by atoms with Crippen molar-refractivity contribution in [2.45, 2.75) is 54.9 Å². The van der Waals surface area contributed by atoms with Crippen LogP contribution in [0.5, 0.6) is 0 Å². The molecule has 2 aliphatic carbocycles. The average Bonchev–Trinajstić information content (AvgIpc) is 2.68. The normalized spacial score (nSPS) is 9.48. The molecule has 0 fully saturated rings. The SMILES string of the molecule is CC(C)(C)C.CCC.CS.Cc1c(C=O)c2cccccc-2c1C=O. The van der Waals surface area contributed by atoms with Crippen molar-refractivity contribution < 1.29 is 9.59 Å². The second-order valence-corrected chi connectivity index (χ2v) is 7.13. The van der Waals surface area contributed by atoms with E-state index >= 15 is 0 Å². The van der Waals surface area contributed by atoms with Crippen LogP contribution < -0.4 is 0 Å². The summed E-state index contributed by atoms with van der Waals surface area (Å²) in [5.41, 5.74) is 4.18. The van der Waals surface area contributed by atoms with Crippen LogP contribution in [0.3, 0.4) is 0 Å². The van der Waals surface area contributed by atoms with E-state index in [4.69, 9.17) is 0 Å². The molecule has 0 saturated heterocycles. The van der Waals surface area contributed by atoms with Gasteiger partial charge in [-0.05, 0) is 35.3 Å². The number of hydrogen-bond acceptors (Lipinski definition) is 3. The number of carbonyl (C=O) groups excluding carboxylic acids is 2. The molecule has 3 heteroatoms. The number of aldehydes is 2. The van der Waals surface area contributed by atoms with Crippen molar-refractivity contribution in [3.05, 3.63) is 47.0 Å². The van der Waals surface area contributed by atoms with E-state index in [-0.39, 0.29) is 0 Å². The number of carbonyl (C=O) groups is 2. The highest BCUT2D eigenvalue weighted by Crippen LogP contribution is 2.33. The van der Waals surface area contributed by atoms with Crippen molar-refractivity contribution in [3.63, 3.8) is 0 Å². The van der Waals surface area contributed by atoms with Gasteiger partial charge in [-0.2, -0.15) is 12.6 Å². The molecule has 0 spiro atoms. The molecule has 0 heterocycles. The second kappa shape index (κ2) is 13.7. The Hall–Kier alpha value is -1.61. The van der Waals surface area contributed by atoms with Crippen LogP contribution in [-0.4, -0.2) is 18.8 Å². The molecule has 0 saturated carbocycles. The average molecular weight is 363 g/mol. The molecule has 0 amide bonds. The summed E-state index contributed by atoms with van der Waals surface area (Å²) < 4.78 is 0. The van der Waals surface area contributed by atoms with Crippen molar-refractivity contribution in [1.82, 2.24) is 0 Å². The van der Waals surface area contributed by atoms with Gasteiger partial charge >= 0.3 is 0 Å². The van der Waals surface area contributed by atoms with Crippen molar-refractivity contribution in [2.75, 3.05) is 6.26 Å². The largest absolute Gasteiger partial charge is 0.298 e. The number of hydrogen-bond donors (Lipinski definition) is 1. The third-order valence-corrected chi connectivity index (χ3v) is 2.66. The molecule has 0 aromatic rings. The zero-order chi connectivity index (χ0) is 20.0. The fourth-order valence-electron chi connectivity index (χ4n) is 1.87. The number of thiol groups is 1. The summed E-state index contributed by atoms with van der Waals surface area (Å²) in [6, 6.07) is 9.32. The third-order valence-electron chi connectivity index (χ3n) is 2.66. The van der Waals surface area contributed by atoms with Gasteiger partial charge in [0.1, 0.15) is 0 Å². The Morgan fingerprint density at radius 2 is 1.12 bits per heavy atom. The first kappa shape index (κ1) is 25.6. The van der Waals surface area contributed by atoms with Crippen molar-refractivity contribution in [2.24, 2.45) is 5.41 Å². The summed E-state index contributed by atoms with van der Waals surface area (Å²) in [6.07, 6.45) is 4.56. The van der Waals surface area contributed by atoms with Crippen LogP contribution in [0.15, 0.2) is 30.3 Å². The minimum absolute atomic E-state index is 0.500. The first-order valence-corrected chi connectivity index (χ1v) is 9.47. The molecular formula is C22H34O2S. The summed E-state index contributed by atoms with van der Waals surface area (Å²) in [4.78, 5) is 21.9. The lowest BCUT2D eigenvalue weighted by Gasteiger charge is -2.05. The highest BCUT2D eigenvalue weighted by Gasteiger charge is 2.18. The van der Waals surface area contributed by atoms with Gasteiger partial charge < -0.3 is 0 Å². The van der Waals surface area contributed by atoms with Gasteiger partial charge in [-0.15, -0.1) is 0 Å². The van der Waals surface area contributed by atoms with E-state index < -0.39 is 0 Å². The van der Waals surface area contributed by atoms with Crippen LogP contribution >= 0.6 is 12.6 Å². The molecule has 140 valence electrons. The maximum Gasteiger partial charge on any atom is 0.150 e. The van der Waals surface area contributed by atoms with E-state index in [1.165, 1.54) is 6.42 Å². The highest BCUT2D eigenvalue weighted by atomic mass is 32.1. The van der Waals surface area contributed by atoms with E-state index in [1.54, 1.807) is 13.2 Å². The monoisotopic (exact) mass is 362 g/mol. The fourth-order valence-corrected chi connectivity index (χ4v) is 1.87. The van der Waals surface area contributed by atoms with E-state index in [0.717, 1.165) is 29.3 Å². The lowest BCUT2D eigenvalue weighted by Crippen LogP contribution is -1.93. The van der Waals surface area contributed by atoms with Gasteiger partial charge in [0.15, 0.2) is 12.6 Å². The van der Waals surface area contributed by atoms with E-state index in [1.807, 2.05) is 30.3 Å². The molecule has 2 nitrogen and oxygen atoms in total. The Morgan fingerprint density at radius 1 is 0.840 bits per heavy atom. The van der Waals surface area contributed by atoms with Gasteiger partial charge in [-0.3, -0.25) is 9.59 Å². The van der Waals surface area contributed by atoms with E-state index in [9.17, 15) is 9.59 Å². The Bertz CT molecular complexity index is 549. The quantitative estimate of drug-likeness (QED) is 0.474. The van der Waals surface area contributed by atoms with Crippen molar-refractivity contribution in [1.29, 1.82) is 0 Å². The van der Waals surface area contributed by atoms with Crippen LogP contribution in [-0.2, 0) is 0 Å². The van der Waals surface area contributed by atoms with Crippen LogP contribution in [0, 0.1) is 12.3 Å². The molecule has 0 aliphatic heterocycles. The van der Waals surface area contributed by atoms with Gasteiger partial charge in [0.25, 0.3) is 0 Å². The summed E-state index contributed by atoms with van der Waals surface area (Å²) >= 11 is 3.53. The molecule has 0 unspecified atom stereocenters. The van der Waals surface area contributed by atoms with Crippen molar-refractivity contribution in [3.8, 4) is 11.1 Å². The van der Waals surface area contributed by atoms with Gasteiger partial charge in [0, 0.05) is 11.1 Å². The van der Waals surface area contributed by atoms with Gasteiger partial charge in [-0.1, -0.05) is 78.3 Å². The second-order valence-electron chi connectivity index (χ2n) is 7.13. The van der Waals surface area contributed by atoms with Gasteiger partial charge in [0.05, 0.1) is 0 Å². The Morgan fingerprint density at radius 3 is 1.36 bits per heavy atom. The number of rotatable bonds is 2. The maximum atomic E-state index is 11.0. The van der Waals surface area contributed by atoms with E-state index in [0.29, 0.717) is 16.5 Å². The summed E-state index contributed by atoms with van der Waals surface area (Å²) in [6.45, 7) is 14.8. The van der Waals surface area contributed by atoms with Gasteiger partial charge in [-0.25, -0.2) is 0 Å². The predicted octanol–water partition coefficient (Wildman–Crippen LogP) is 6.74. The summed E-state index contributed by atoms with van der Waals surface area (Å²) in [5.74, 6) is 0.